The molecular formula is C21H29N5O2. The molecule has 0 aliphatic carbocycles. The van der Waals surface area contributed by atoms with Gasteiger partial charge in [0.1, 0.15) is 0 Å². The van der Waals surface area contributed by atoms with Crippen molar-refractivity contribution in [3.63, 3.8) is 0 Å². The number of ether oxygens (including phenoxy) is 1. The van der Waals surface area contributed by atoms with Crippen LogP contribution in [0.3, 0.4) is 0 Å². The molecule has 0 aromatic carbocycles. The molecule has 1 saturated heterocycles. The zero-order valence-corrected chi connectivity index (χ0v) is 16.5. The van der Waals surface area contributed by atoms with E-state index < -0.39 is 0 Å². The zero-order chi connectivity index (χ0) is 20.4. The Labute approximate surface area is 166 Å². The number of hydrogen-bond donors (Lipinski definition) is 3. The van der Waals surface area contributed by atoms with Gasteiger partial charge in [-0.2, -0.15) is 0 Å². The Kier molecular flexibility index (Phi) is 8.42. The summed E-state index contributed by atoms with van der Waals surface area (Å²) in [6.07, 6.45) is 11.6. The van der Waals surface area contributed by atoms with Gasteiger partial charge in [0.25, 0.3) is 0 Å². The summed E-state index contributed by atoms with van der Waals surface area (Å²) in [5, 5.41) is 11.2. The minimum atomic E-state index is -0.165. The topological polar surface area (TPSA) is 104 Å². The number of morpholine rings is 1. The van der Waals surface area contributed by atoms with Gasteiger partial charge in [-0.15, -0.1) is 0 Å². The first-order valence-corrected chi connectivity index (χ1v) is 9.35. The van der Waals surface area contributed by atoms with E-state index in [1.165, 1.54) is 19.3 Å². The molecule has 0 saturated carbocycles. The summed E-state index contributed by atoms with van der Waals surface area (Å²) in [6.45, 7) is 6.99. The number of nitrogens with one attached hydrogen (secondary N) is 2. The van der Waals surface area contributed by atoms with E-state index in [-0.39, 0.29) is 11.7 Å². The van der Waals surface area contributed by atoms with Crippen molar-refractivity contribution in [2.24, 2.45) is 5.73 Å². The molecule has 28 heavy (non-hydrogen) atoms. The summed E-state index contributed by atoms with van der Waals surface area (Å²) in [7, 11) is 0. The van der Waals surface area contributed by atoms with Crippen molar-refractivity contribution in [2.75, 3.05) is 37.7 Å². The van der Waals surface area contributed by atoms with Gasteiger partial charge in [0.2, 0.25) is 0 Å². The van der Waals surface area contributed by atoms with E-state index in [0.717, 1.165) is 35.6 Å². The van der Waals surface area contributed by atoms with Crippen molar-refractivity contribution >= 4 is 17.7 Å². The van der Waals surface area contributed by atoms with Gasteiger partial charge in [-0.05, 0) is 43.3 Å². The van der Waals surface area contributed by atoms with Gasteiger partial charge in [0, 0.05) is 49.7 Å². The maximum Gasteiger partial charge on any atom is 0.154 e. The fraction of sp³-hybridized carbons (Fsp3) is 0.381. The highest BCUT2D eigenvalue weighted by Crippen LogP contribution is 2.21. The molecule has 0 spiro atoms. The number of carbonyl (C=O) groups excluding carboxylic acids is 1. The van der Waals surface area contributed by atoms with Crippen molar-refractivity contribution in [2.45, 2.75) is 19.8 Å². The van der Waals surface area contributed by atoms with Crippen LogP contribution in [-0.2, 0) is 9.53 Å². The summed E-state index contributed by atoms with van der Waals surface area (Å²) in [4.78, 5) is 18.2. The maximum absolute atomic E-state index is 11.6. The molecule has 1 aromatic rings. The Hall–Kier alpha value is -2.93. The van der Waals surface area contributed by atoms with Crippen LogP contribution in [0.4, 0.5) is 5.69 Å². The predicted molar refractivity (Wildman–Crippen MR) is 113 cm³/mol. The smallest absolute Gasteiger partial charge is 0.154 e. The van der Waals surface area contributed by atoms with Crippen molar-refractivity contribution in [1.29, 1.82) is 5.41 Å². The van der Waals surface area contributed by atoms with Crippen LogP contribution in [0.1, 0.15) is 25.3 Å². The van der Waals surface area contributed by atoms with Crippen molar-refractivity contribution in [1.82, 2.24) is 10.3 Å². The second-order valence-electron chi connectivity index (χ2n) is 6.63. The van der Waals surface area contributed by atoms with E-state index in [9.17, 15) is 4.79 Å². The number of allylic oxidation sites excluding steroid dienone is 4. The van der Waals surface area contributed by atoms with Gasteiger partial charge in [0.15, 0.2) is 5.78 Å². The number of anilines is 1. The number of nitrogens with two attached hydrogens (primary N) is 1. The Balaban J connectivity index is 2.14. The summed E-state index contributed by atoms with van der Waals surface area (Å²) >= 11 is 0. The number of hydrogen-bond acceptors (Lipinski definition) is 7. The molecule has 1 atom stereocenters. The van der Waals surface area contributed by atoms with Gasteiger partial charge < -0.3 is 26.1 Å². The number of pyridine rings is 1. The molecule has 1 unspecified atom stereocenters. The number of ketones is 1. The van der Waals surface area contributed by atoms with Gasteiger partial charge in [-0.25, -0.2) is 0 Å². The highest BCUT2D eigenvalue weighted by molar-refractivity contribution is 5.88. The average Bonchev–Trinajstić information content (AvgIpc) is 2.72. The standard InChI is InChI=1S/C21H29N5O2/c1-16(4-3-5-22)21(10-17(2)27)25-14-19(12-23)18-11-20(15-24-13-18)26-6-8-28-9-7-26/h3-5,10-13,15,19,23,25H,6-9,14,22H2,1-2H3/b5-3+,16-4-,21-10+,23-12?. The molecule has 1 aliphatic rings. The van der Waals surface area contributed by atoms with Gasteiger partial charge >= 0.3 is 0 Å². The second kappa shape index (κ2) is 11.0. The minimum absolute atomic E-state index is 0.0469. The Morgan fingerprint density at radius 2 is 2.14 bits per heavy atom. The molecule has 7 heteroatoms. The van der Waals surface area contributed by atoms with Crippen LogP contribution in [0, 0.1) is 5.41 Å². The molecule has 150 valence electrons. The molecule has 0 radical (unpaired) electrons. The van der Waals surface area contributed by atoms with Gasteiger partial charge in [0.05, 0.1) is 25.1 Å². The highest BCUT2D eigenvalue weighted by Gasteiger charge is 2.15. The molecule has 0 bridgehead atoms. The Morgan fingerprint density at radius 1 is 1.39 bits per heavy atom. The van der Waals surface area contributed by atoms with Crippen LogP contribution < -0.4 is 16.0 Å². The van der Waals surface area contributed by atoms with E-state index in [0.29, 0.717) is 19.8 Å². The zero-order valence-electron chi connectivity index (χ0n) is 16.5. The van der Waals surface area contributed by atoms with Crippen molar-refractivity contribution < 1.29 is 9.53 Å². The summed E-state index contributed by atoms with van der Waals surface area (Å²) in [5.74, 6) is -0.212. The quantitative estimate of drug-likeness (QED) is 0.343. The first-order valence-electron chi connectivity index (χ1n) is 9.35. The molecule has 1 aromatic heterocycles. The van der Waals surface area contributed by atoms with Gasteiger partial charge in [-0.1, -0.05) is 6.08 Å². The first-order chi connectivity index (χ1) is 13.5. The molecule has 0 amide bonds. The third-order valence-corrected chi connectivity index (χ3v) is 4.49. The largest absolute Gasteiger partial charge is 0.405 e. The first kappa shape index (κ1) is 21.4. The third-order valence-electron chi connectivity index (χ3n) is 4.49. The van der Waals surface area contributed by atoms with E-state index >= 15 is 0 Å². The second-order valence-corrected chi connectivity index (χ2v) is 6.63. The lowest BCUT2D eigenvalue weighted by Crippen LogP contribution is -2.36. The van der Waals surface area contributed by atoms with Crippen LogP contribution in [-0.4, -0.2) is 49.8 Å². The lowest BCUT2D eigenvalue weighted by Gasteiger charge is -2.29. The van der Waals surface area contributed by atoms with E-state index in [1.54, 1.807) is 18.3 Å². The van der Waals surface area contributed by atoms with Gasteiger partial charge in [-0.3, -0.25) is 9.78 Å². The molecule has 4 N–H and O–H groups in total. The molecule has 2 rings (SSSR count). The summed E-state index contributed by atoms with van der Waals surface area (Å²) in [6, 6.07) is 2.07. The van der Waals surface area contributed by atoms with Crippen molar-refractivity contribution in [3.05, 3.63) is 59.7 Å². The summed E-state index contributed by atoms with van der Waals surface area (Å²) in [5.41, 5.74) is 8.99. The van der Waals surface area contributed by atoms with Crippen LogP contribution in [0.5, 0.6) is 0 Å². The molecule has 7 nitrogen and oxygen atoms in total. The lowest BCUT2D eigenvalue weighted by atomic mass is 10.0. The lowest BCUT2D eigenvalue weighted by molar-refractivity contribution is -0.112. The average molecular weight is 383 g/mol. The molecule has 2 heterocycles. The normalized spacial score (nSPS) is 16.9. The summed E-state index contributed by atoms with van der Waals surface area (Å²) < 4.78 is 5.41. The number of rotatable bonds is 9. The van der Waals surface area contributed by atoms with E-state index in [2.05, 4.69) is 21.3 Å². The maximum atomic E-state index is 11.6. The van der Waals surface area contributed by atoms with Crippen molar-refractivity contribution in [3.8, 4) is 0 Å². The van der Waals surface area contributed by atoms with Crippen LogP contribution in [0.25, 0.3) is 0 Å². The molecule has 1 fully saturated rings. The number of nitrogens with zero attached hydrogens (tertiary/aromatic N) is 2. The number of carbonyl (C=O) groups is 1. The predicted octanol–water partition coefficient (Wildman–Crippen LogP) is 2.13. The van der Waals surface area contributed by atoms with Crippen LogP contribution in [0.15, 0.2) is 54.2 Å². The monoisotopic (exact) mass is 383 g/mol. The third kappa shape index (κ3) is 6.35. The highest BCUT2D eigenvalue weighted by atomic mass is 16.5. The fourth-order valence-electron chi connectivity index (χ4n) is 2.93. The van der Waals surface area contributed by atoms with Crippen LogP contribution >= 0.6 is 0 Å². The van der Waals surface area contributed by atoms with E-state index in [4.69, 9.17) is 15.9 Å². The molecule has 1 aliphatic heterocycles. The van der Waals surface area contributed by atoms with E-state index in [1.807, 2.05) is 19.2 Å². The molecular weight excluding hydrogens is 354 g/mol. The van der Waals surface area contributed by atoms with Crippen LogP contribution in [0.2, 0.25) is 0 Å². The number of aromatic nitrogens is 1. The Morgan fingerprint density at radius 3 is 2.79 bits per heavy atom. The Bertz CT molecular complexity index is 764. The fourth-order valence-corrected chi connectivity index (χ4v) is 2.93. The minimum Gasteiger partial charge on any atom is -0.405 e. The SMILES string of the molecule is CC(=O)\C=C(NCC(C=N)c1cncc(N2CCOCC2)c1)/C(C)=C\C=C\N.